The van der Waals surface area contributed by atoms with E-state index < -0.39 is 15.9 Å². The van der Waals surface area contributed by atoms with E-state index in [1.54, 1.807) is 0 Å². The predicted molar refractivity (Wildman–Crippen MR) is 118 cm³/mol. The maximum atomic E-state index is 12.1. The number of fused-ring (bicyclic) bond motifs is 3. The van der Waals surface area contributed by atoms with Crippen LogP contribution in [0.15, 0.2) is 48.5 Å². The molecule has 0 bridgehead atoms. The van der Waals surface area contributed by atoms with E-state index in [9.17, 15) is 9.59 Å². The number of nitrogens with one attached hydrogen (secondary N) is 1. The van der Waals surface area contributed by atoms with Gasteiger partial charge in [0.1, 0.15) is 13.2 Å². The first-order chi connectivity index (χ1) is 14.3. The van der Waals surface area contributed by atoms with Crippen LogP contribution in [0.3, 0.4) is 0 Å². The Bertz CT molecular complexity index is 852. The highest BCUT2D eigenvalue weighted by molar-refractivity contribution is 6.67. The van der Waals surface area contributed by atoms with Crippen molar-refractivity contribution in [2.24, 2.45) is 0 Å². The fraction of sp³-hybridized carbons (Fsp3) is 0.364. The van der Waals surface area contributed by atoms with Crippen LogP contribution in [0.4, 0.5) is 4.79 Å². The van der Waals surface area contributed by atoms with Gasteiger partial charge in [-0.25, -0.2) is 4.79 Å². The lowest BCUT2D eigenvalue weighted by atomic mass is 9.98. The van der Waals surface area contributed by atoms with Gasteiger partial charge in [-0.05, 0) is 35.1 Å². The van der Waals surface area contributed by atoms with Gasteiger partial charge in [0.25, 0.3) is 0 Å². The van der Waals surface area contributed by atoms with Gasteiger partial charge in [0.2, 0.25) is 3.79 Å². The number of ether oxygens (including phenoxy) is 2. The Morgan fingerprint density at radius 1 is 0.900 bits per heavy atom. The van der Waals surface area contributed by atoms with E-state index in [2.05, 4.69) is 29.6 Å². The molecule has 5 nitrogen and oxygen atoms in total. The van der Waals surface area contributed by atoms with Gasteiger partial charge in [0, 0.05) is 18.9 Å². The summed E-state index contributed by atoms with van der Waals surface area (Å²) in [4.78, 5) is 23.6. The molecule has 1 amide bonds. The molecule has 0 saturated heterocycles. The number of hydrogen-bond donors (Lipinski definition) is 1. The van der Waals surface area contributed by atoms with Crippen molar-refractivity contribution in [3.05, 3.63) is 59.7 Å². The number of hydrogen-bond acceptors (Lipinski definition) is 4. The minimum Gasteiger partial charge on any atom is -0.461 e. The van der Waals surface area contributed by atoms with Crippen molar-refractivity contribution in [2.75, 3.05) is 19.8 Å². The highest BCUT2D eigenvalue weighted by Gasteiger charge is 2.29. The number of alkyl carbamates (subject to hydrolysis) is 1. The third kappa shape index (κ3) is 6.27. The number of carbonyl (C=O) groups excluding carboxylic acids is 2. The minimum absolute atomic E-state index is 0.0239. The first kappa shape index (κ1) is 22.7. The Kier molecular flexibility index (Phi) is 7.87. The second kappa shape index (κ2) is 10.4. The monoisotopic (exact) mass is 469 g/mol. The summed E-state index contributed by atoms with van der Waals surface area (Å²) < 4.78 is 8.69. The van der Waals surface area contributed by atoms with E-state index in [0.29, 0.717) is 19.4 Å². The zero-order chi connectivity index (χ0) is 21.6. The molecule has 30 heavy (non-hydrogen) atoms. The van der Waals surface area contributed by atoms with E-state index in [1.165, 1.54) is 22.3 Å². The average molecular weight is 471 g/mol. The molecule has 1 N–H and O–H groups in total. The van der Waals surface area contributed by atoms with Crippen LogP contribution < -0.4 is 5.32 Å². The summed E-state index contributed by atoms with van der Waals surface area (Å²) >= 11 is 16.6. The molecule has 0 radical (unpaired) electrons. The van der Waals surface area contributed by atoms with Crippen molar-refractivity contribution in [1.29, 1.82) is 0 Å². The van der Waals surface area contributed by atoms with Crippen molar-refractivity contribution in [3.8, 4) is 11.1 Å². The molecule has 0 atom stereocenters. The van der Waals surface area contributed by atoms with Gasteiger partial charge in [0.05, 0.1) is 0 Å². The summed E-state index contributed by atoms with van der Waals surface area (Å²) in [7, 11) is 0. The second-order valence-electron chi connectivity index (χ2n) is 6.99. The predicted octanol–water partition coefficient (Wildman–Crippen LogP) is 5.61. The molecule has 0 aromatic heterocycles. The van der Waals surface area contributed by atoms with Crippen molar-refractivity contribution < 1.29 is 19.1 Å². The largest absolute Gasteiger partial charge is 0.461 e. The molecule has 1 aliphatic rings. The van der Waals surface area contributed by atoms with E-state index >= 15 is 0 Å². The molecule has 8 heteroatoms. The lowest BCUT2D eigenvalue weighted by Crippen LogP contribution is -2.27. The van der Waals surface area contributed by atoms with E-state index in [-0.39, 0.29) is 25.6 Å². The number of amides is 1. The number of carbonyl (C=O) groups is 2. The zero-order valence-corrected chi connectivity index (χ0v) is 18.5. The molecular formula is C22H22Cl3NO4. The van der Waals surface area contributed by atoms with Crippen molar-refractivity contribution >= 4 is 46.9 Å². The van der Waals surface area contributed by atoms with Crippen molar-refractivity contribution in [1.82, 2.24) is 5.32 Å². The fourth-order valence-electron chi connectivity index (χ4n) is 3.47. The Labute approximate surface area is 190 Å². The van der Waals surface area contributed by atoms with Crippen LogP contribution in [0, 0.1) is 0 Å². The van der Waals surface area contributed by atoms with Crippen molar-refractivity contribution in [3.63, 3.8) is 0 Å². The summed E-state index contributed by atoms with van der Waals surface area (Å²) in [5, 5.41) is 2.71. The van der Waals surface area contributed by atoms with Crippen LogP contribution in [-0.4, -0.2) is 35.6 Å². The fourth-order valence-corrected chi connectivity index (χ4v) is 3.63. The van der Waals surface area contributed by atoms with Gasteiger partial charge in [-0.15, -0.1) is 0 Å². The molecule has 2 aromatic rings. The van der Waals surface area contributed by atoms with Gasteiger partial charge >= 0.3 is 12.1 Å². The molecule has 0 unspecified atom stereocenters. The van der Waals surface area contributed by atoms with Crippen LogP contribution in [0.2, 0.25) is 0 Å². The van der Waals surface area contributed by atoms with E-state index in [1.807, 2.05) is 24.3 Å². The first-order valence-electron chi connectivity index (χ1n) is 9.66. The van der Waals surface area contributed by atoms with Crippen LogP contribution >= 0.6 is 34.8 Å². The number of halogens is 3. The summed E-state index contributed by atoms with van der Waals surface area (Å²) in [6.45, 7) is 0.381. The van der Waals surface area contributed by atoms with E-state index in [4.69, 9.17) is 44.3 Å². The van der Waals surface area contributed by atoms with Crippen LogP contribution in [-0.2, 0) is 14.3 Å². The first-order valence-corrected chi connectivity index (χ1v) is 10.8. The molecule has 3 rings (SSSR count). The minimum atomic E-state index is -1.61. The number of alkyl halides is 3. The van der Waals surface area contributed by atoms with Crippen LogP contribution in [0.1, 0.15) is 36.3 Å². The Hall–Kier alpha value is -1.95. The molecule has 0 aliphatic heterocycles. The van der Waals surface area contributed by atoms with Gasteiger partial charge in [-0.2, -0.15) is 0 Å². The normalized spacial score (nSPS) is 12.8. The highest BCUT2D eigenvalue weighted by atomic mass is 35.6. The van der Waals surface area contributed by atoms with Gasteiger partial charge in [-0.3, -0.25) is 4.79 Å². The molecular weight excluding hydrogens is 449 g/mol. The maximum absolute atomic E-state index is 12.1. The van der Waals surface area contributed by atoms with Gasteiger partial charge in [0.15, 0.2) is 0 Å². The van der Waals surface area contributed by atoms with Crippen LogP contribution in [0.25, 0.3) is 11.1 Å². The van der Waals surface area contributed by atoms with Gasteiger partial charge in [-0.1, -0.05) is 83.3 Å². The molecule has 2 aromatic carbocycles. The highest BCUT2D eigenvalue weighted by Crippen LogP contribution is 2.44. The van der Waals surface area contributed by atoms with E-state index in [0.717, 1.165) is 0 Å². The molecule has 160 valence electrons. The van der Waals surface area contributed by atoms with Crippen LogP contribution in [0.5, 0.6) is 0 Å². The van der Waals surface area contributed by atoms with Gasteiger partial charge < -0.3 is 14.8 Å². The lowest BCUT2D eigenvalue weighted by molar-refractivity contribution is -0.143. The Balaban J connectivity index is 1.38. The summed E-state index contributed by atoms with van der Waals surface area (Å²) in [6.07, 6.45) is 0.860. The molecule has 0 saturated carbocycles. The quantitative estimate of drug-likeness (QED) is 0.309. The standard InChI is InChI=1S/C22H22Cl3NO4/c23-22(24,25)14-30-20(27)11-5-6-12-26-21(28)29-13-19-17-9-3-1-7-15(17)16-8-2-4-10-18(16)19/h1-4,7-10,19H,5-6,11-14H2,(H,26,28). The number of unbranched alkanes of at least 4 members (excludes halogenated alkanes) is 1. The summed E-state index contributed by atoms with van der Waals surface area (Å²) in [5.74, 6) is -0.418. The third-order valence-electron chi connectivity index (χ3n) is 4.82. The molecule has 0 spiro atoms. The Morgan fingerprint density at radius 3 is 2.10 bits per heavy atom. The number of benzene rings is 2. The van der Waals surface area contributed by atoms with Crippen molar-refractivity contribution in [2.45, 2.75) is 29.0 Å². The molecule has 0 fully saturated rings. The smallest absolute Gasteiger partial charge is 0.407 e. The Morgan fingerprint density at radius 2 is 1.50 bits per heavy atom. The zero-order valence-electron chi connectivity index (χ0n) is 16.2. The number of rotatable bonds is 8. The topological polar surface area (TPSA) is 64.6 Å². The number of esters is 1. The SMILES string of the molecule is O=C(CCCCNC(=O)OCC1c2ccccc2-c2ccccc21)OCC(Cl)(Cl)Cl. The average Bonchev–Trinajstić information content (AvgIpc) is 3.04. The maximum Gasteiger partial charge on any atom is 0.407 e. The molecule has 0 heterocycles. The third-order valence-corrected chi connectivity index (χ3v) is 5.14. The summed E-state index contributed by atoms with van der Waals surface area (Å²) in [5.41, 5.74) is 4.70. The second-order valence-corrected chi connectivity index (χ2v) is 9.50. The molecule has 1 aliphatic carbocycles. The lowest BCUT2D eigenvalue weighted by Gasteiger charge is -2.14. The summed E-state index contributed by atoms with van der Waals surface area (Å²) in [6, 6.07) is 16.3.